The summed E-state index contributed by atoms with van der Waals surface area (Å²) in [6.07, 6.45) is 1.91. The summed E-state index contributed by atoms with van der Waals surface area (Å²) in [5.74, 6) is 0. The van der Waals surface area contributed by atoms with Crippen LogP contribution in [0.5, 0.6) is 0 Å². The SMILES string of the molecule is Cc1cc(-n2c3ccccc3c3ccccc32)c(C)cc1-c1cccc(-c2ccc(-c3cnc4c5ccccc5c5ccccc5c4n3)cc2)c1. The van der Waals surface area contributed by atoms with E-state index >= 15 is 0 Å². The van der Waals surface area contributed by atoms with E-state index in [1.54, 1.807) is 0 Å². The Hall–Kier alpha value is -6.58. The topological polar surface area (TPSA) is 30.7 Å². The Bertz CT molecular complexity index is 2900. The maximum absolute atomic E-state index is 5.19. The summed E-state index contributed by atoms with van der Waals surface area (Å²) in [7, 11) is 0. The van der Waals surface area contributed by atoms with Crippen LogP contribution in [0.3, 0.4) is 0 Å². The first-order chi connectivity index (χ1) is 25.1. The fourth-order valence-corrected chi connectivity index (χ4v) is 8.00. The largest absolute Gasteiger partial charge is 0.309 e. The van der Waals surface area contributed by atoms with Crippen LogP contribution in [0.25, 0.3) is 93.6 Å². The van der Waals surface area contributed by atoms with Crippen LogP contribution < -0.4 is 0 Å². The van der Waals surface area contributed by atoms with Crippen molar-refractivity contribution >= 4 is 54.4 Å². The van der Waals surface area contributed by atoms with Gasteiger partial charge in [0.2, 0.25) is 0 Å². The van der Waals surface area contributed by atoms with Gasteiger partial charge in [0.25, 0.3) is 0 Å². The normalized spacial score (nSPS) is 11.7. The number of hydrogen-bond donors (Lipinski definition) is 0. The highest BCUT2D eigenvalue weighted by Gasteiger charge is 2.16. The minimum Gasteiger partial charge on any atom is -0.309 e. The molecule has 0 saturated heterocycles. The van der Waals surface area contributed by atoms with E-state index in [2.05, 4.69) is 176 Å². The van der Waals surface area contributed by atoms with E-state index in [9.17, 15) is 0 Å². The van der Waals surface area contributed by atoms with Crippen LogP contribution in [-0.2, 0) is 0 Å². The lowest BCUT2D eigenvalue weighted by Gasteiger charge is -2.16. The van der Waals surface area contributed by atoms with E-state index in [1.165, 1.54) is 71.6 Å². The van der Waals surface area contributed by atoms with Gasteiger partial charge in [0.05, 0.1) is 34.0 Å². The van der Waals surface area contributed by atoms with Crippen LogP contribution in [0, 0.1) is 13.8 Å². The molecule has 0 N–H and O–H groups in total. The van der Waals surface area contributed by atoms with Gasteiger partial charge in [-0.1, -0.05) is 127 Å². The lowest BCUT2D eigenvalue weighted by Crippen LogP contribution is -1.99. The average molecular weight is 652 g/mol. The van der Waals surface area contributed by atoms with Crippen molar-refractivity contribution < 1.29 is 0 Å². The summed E-state index contributed by atoms with van der Waals surface area (Å²) in [5.41, 5.74) is 14.8. The molecule has 240 valence electrons. The Kier molecular flexibility index (Phi) is 6.62. The predicted octanol–water partition coefficient (Wildman–Crippen LogP) is 12.7. The van der Waals surface area contributed by atoms with Gasteiger partial charge in [0.15, 0.2) is 0 Å². The Balaban J connectivity index is 1.01. The molecule has 0 unspecified atom stereocenters. The molecule has 0 bridgehead atoms. The van der Waals surface area contributed by atoms with E-state index < -0.39 is 0 Å². The first kappa shape index (κ1) is 29.3. The third-order valence-electron chi connectivity index (χ3n) is 10.5. The van der Waals surface area contributed by atoms with Crippen molar-refractivity contribution in [1.29, 1.82) is 0 Å². The number of fused-ring (bicyclic) bond motifs is 9. The molecule has 51 heavy (non-hydrogen) atoms. The minimum atomic E-state index is 0.873. The third kappa shape index (κ3) is 4.66. The van der Waals surface area contributed by atoms with Crippen LogP contribution in [0.2, 0.25) is 0 Å². The fourth-order valence-electron chi connectivity index (χ4n) is 8.00. The first-order valence-corrected chi connectivity index (χ1v) is 17.5. The quantitative estimate of drug-likeness (QED) is 0.177. The molecule has 3 nitrogen and oxygen atoms in total. The molecule has 0 radical (unpaired) electrons. The van der Waals surface area contributed by atoms with Gasteiger partial charge in [-0.3, -0.25) is 4.98 Å². The zero-order valence-corrected chi connectivity index (χ0v) is 28.4. The highest BCUT2D eigenvalue weighted by atomic mass is 15.0. The zero-order valence-electron chi connectivity index (χ0n) is 28.4. The molecule has 0 atom stereocenters. The summed E-state index contributed by atoms with van der Waals surface area (Å²) in [4.78, 5) is 10.2. The van der Waals surface area contributed by atoms with Crippen molar-refractivity contribution in [3.8, 4) is 39.2 Å². The molecule has 3 heteroatoms. The van der Waals surface area contributed by atoms with Crippen LogP contribution in [-0.4, -0.2) is 14.5 Å². The second-order valence-electron chi connectivity index (χ2n) is 13.5. The molecule has 2 aromatic heterocycles. The van der Waals surface area contributed by atoms with Crippen molar-refractivity contribution in [2.45, 2.75) is 13.8 Å². The van der Waals surface area contributed by atoms with E-state index in [0.717, 1.165) is 33.1 Å². The van der Waals surface area contributed by atoms with Gasteiger partial charge in [0.1, 0.15) is 0 Å². The van der Waals surface area contributed by atoms with Crippen molar-refractivity contribution in [2.24, 2.45) is 0 Å². The number of para-hydroxylation sites is 2. The molecular weight excluding hydrogens is 619 g/mol. The summed E-state index contributed by atoms with van der Waals surface area (Å²) in [5, 5.41) is 7.23. The Labute approximate surface area is 296 Å². The number of nitrogens with zero attached hydrogens (tertiary/aromatic N) is 3. The molecule has 10 aromatic rings. The Morgan fingerprint density at radius 2 is 0.961 bits per heavy atom. The molecule has 0 fully saturated rings. The van der Waals surface area contributed by atoms with Crippen molar-refractivity contribution in [3.63, 3.8) is 0 Å². The molecule has 0 aliphatic heterocycles. The maximum atomic E-state index is 5.19. The number of aromatic nitrogens is 3. The molecule has 10 rings (SSSR count). The van der Waals surface area contributed by atoms with Gasteiger partial charge in [-0.25, -0.2) is 4.98 Å². The summed E-state index contributed by atoms with van der Waals surface area (Å²) in [6.45, 7) is 4.45. The molecule has 8 aromatic carbocycles. The van der Waals surface area contributed by atoms with E-state index in [-0.39, 0.29) is 0 Å². The third-order valence-corrected chi connectivity index (χ3v) is 10.5. The van der Waals surface area contributed by atoms with Crippen LogP contribution in [0.4, 0.5) is 0 Å². The number of benzene rings is 8. The molecule has 0 aliphatic carbocycles. The van der Waals surface area contributed by atoms with Gasteiger partial charge < -0.3 is 4.57 Å². The lowest BCUT2D eigenvalue weighted by molar-refractivity contribution is 1.14. The number of rotatable bonds is 4. The lowest BCUT2D eigenvalue weighted by atomic mass is 9.94. The smallest absolute Gasteiger partial charge is 0.0979 e. The van der Waals surface area contributed by atoms with Crippen LogP contribution in [0.1, 0.15) is 11.1 Å². The Morgan fingerprint density at radius 1 is 0.412 bits per heavy atom. The highest BCUT2D eigenvalue weighted by Crippen LogP contribution is 2.37. The number of aryl methyl sites for hydroxylation is 2. The number of hydrogen-bond acceptors (Lipinski definition) is 2. The Morgan fingerprint density at radius 3 is 1.63 bits per heavy atom. The first-order valence-electron chi connectivity index (χ1n) is 17.5. The van der Waals surface area contributed by atoms with E-state index in [4.69, 9.17) is 9.97 Å². The standard InChI is InChI=1S/C48H33N3/c1-30-27-46(51-44-20-9-7-16-38(44)39-17-8-10-21-45(39)51)31(2)26-42(30)35-13-11-12-34(28-35)32-22-24-33(25-23-32)43-29-49-47-40-18-5-3-14-36(40)37-15-4-6-19-41(37)48(47)50-43/h3-29H,1-2H3. The zero-order chi connectivity index (χ0) is 34.1. The predicted molar refractivity (Wildman–Crippen MR) is 215 cm³/mol. The van der Waals surface area contributed by atoms with Gasteiger partial charge in [-0.15, -0.1) is 0 Å². The molecule has 0 amide bonds. The van der Waals surface area contributed by atoms with E-state index in [1.807, 2.05) is 6.20 Å². The molecule has 0 spiro atoms. The summed E-state index contributed by atoms with van der Waals surface area (Å²) < 4.78 is 2.42. The average Bonchev–Trinajstić information content (AvgIpc) is 3.53. The summed E-state index contributed by atoms with van der Waals surface area (Å²) >= 11 is 0. The molecule has 0 aliphatic rings. The molecular formula is C48H33N3. The van der Waals surface area contributed by atoms with E-state index in [0.29, 0.717) is 0 Å². The summed E-state index contributed by atoms with van der Waals surface area (Å²) in [6, 6.07) is 56.7. The van der Waals surface area contributed by atoms with Gasteiger partial charge in [-0.2, -0.15) is 0 Å². The minimum absolute atomic E-state index is 0.873. The van der Waals surface area contributed by atoms with Crippen molar-refractivity contribution in [1.82, 2.24) is 14.5 Å². The molecule has 2 heterocycles. The second kappa shape index (κ2) is 11.5. The maximum Gasteiger partial charge on any atom is 0.0979 e. The molecule has 0 saturated carbocycles. The van der Waals surface area contributed by atoms with Gasteiger partial charge >= 0.3 is 0 Å². The van der Waals surface area contributed by atoms with Crippen LogP contribution >= 0.6 is 0 Å². The van der Waals surface area contributed by atoms with Crippen LogP contribution in [0.15, 0.2) is 164 Å². The fraction of sp³-hybridized carbons (Fsp3) is 0.0417. The van der Waals surface area contributed by atoms with Crippen molar-refractivity contribution in [3.05, 3.63) is 175 Å². The van der Waals surface area contributed by atoms with Gasteiger partial charge in [0, 0.05) is 32.8 Å². The van der Waals surface area contributed by atoms with Crippen molar-refractivity contribution in [2.75, 3.05) is 0 Å². The second-order valence-corrected chi connectivity index (χ2v) is 13.5. The highest BCUT2D eigenvalue weighted by molar-refractivity contribution is 6.23. The van der Waals surface area contributed by atoms with Gasteiger partial charge in [-0.05, 0) is 88.3 Å². The monoisotopic (exact) mass is 651 g/mol.